The number of benzene rings is 3. The normalized spacial score (nSPS) is 13.7. The largest absolute Gasteiger partial charge is 0.338 e. The number of carbonyl (C=O) groups excluding carboxylic acids is 1. The molecule has 1 aliphatic rings. The number of fused-ring (bicyclic) bond motifs is 1. The van der Waals surface area contributed by atoms with Crippen molar-refractivity contribution in [3.63, 3.8) is 0 Å². The second-order valence-electron chi connectivity index (χ2n) is 10.1. The first-order valence-electron chi connectivity index (χ1n) is 13.5. The van der Waals surface area contributed by atoms with Crippen LogP contribution >= 0.6 is 11.6 Å². The highest BCUT2D eigenvalue weighted by atomic mass is 35.5. The van der Waals surface area contributed by atoms with Gasteiger partial charge in [0, 0.05) is 41.1 Å². The summed E-state index contributed by atoms with van der Waals surface area (Å²) in [6.45, 7) is 1.12. The predicted molar refractivity (Wildman–Crippen MR) is 155 cm³/mol. The van der Waals surface area contributed by atoms with Crippen molar-refractivity contribution in [3.8, 4) is 22.8 Å². The summed E-state index contributed by atoms with van der Waals surface area (Å²) in [5.41, 5.74) is 2.86. The molecular formula is C32H30ClN5O. The van der Waals surface area contributed by atoms with E-state index in [2.05, 4.69) is 34.1 Å². The van der Waals surface area contributed by atoms with Crippen LogP contribution in [0.4, 0.5) is 0 Å². The van der Waals surface area contributed by atoms with Gasteiger partial charge in [0.15, 0.2) is 11.6 Å². The third-order valence-corrected chi connectivity index (χ3v) is 7.79. The highest BCUT2D eigenvalue weighted by molar-refractivity contribution is 6.30. The molecule has 196 valence electrons. The Kier molecular flexibility index (Phi) is 7.37. The second-order valence-corrected chi connectivity index (χ2v) is 10.5. The molecule has 6 rings (SSSR count). The zero-order chi connectivity index (χ0) is 26.6. The maximum absolute atomic E-state index is 13.8. The molecule has 5 aromatic rings. The number of hydrogen-bond donors (Lipinski definition) is 0. The molecule has 3 aromatic carbocycles. The van der Waals surface area contributed by atoms with Gasteiger partial charge in [0.2, 0.25) is 5.91 Å². The molecular weight excluding hydrogens is 506 g/mol. The Bertz CT molecular complexity index is 1590. The molecule has 0 spiro atoms. The SMILES string of the molecule is O=C(Cc1cccc2ccccc12)N(CCn1nc(-c2cccc(Cl)c2)nc1-c1ccncc1)C1CCCC1. The molecule has 1 saturated carbocycles. The lowest BCUT2D eigenvalue weighted by molar-refractivity contribution is -0.132. The summed E-state index contributed by atoms with van der Waals surface area (Å²) in [6, 6.07) is 26.2. The van der Waals surface area contributed by atoms with E-state index in [1.807, 2.05) is 59.3 Å². The van der Waals surface area contributed by atoms with Gasteiger partial charge in [-0.25, -0.2) is 9.67 Å². The lowest BCUT2D eigenvalue weighted by Gasteiger charge is -2.29. The first-order valence-corrected chi connectivity index (χ1v) is 13.9. The molecule has 0 unspecified atom stereocenters. The molecule has 2 aromatic heterocycles. The average Bonchev–Trinajstić information content (AvgIpc) is 3.65. The number of hydrogen-bond acceptors (Lipinski definition) is 4. The number of aromatic nitrogens is 4. The zero-order valence-electron chi connectivity index (χ0n) is 21.7. The Hall–Kier alpha value is -4.03. The molecule has 0 bridgehead atoms. The van der Waals surface area contributed by atoms with Gasteiger partial charge in [-0.05, 0) is 53.4 Å². The van der Waals surface area contributed by atoms with Gasteiger partial charge in [0.25, 0.3) is 0 Å². The van der Waals surface area contributed by atoms with Crippen LogP contribution in [-0.2, 0) is 17.8 Å². The highest BCUT2D eigenvalue weighted by Crippen LogP contribution is 2.27. The fourth-order valence-corrected chi connectivity index (χ4v) is 5.79. The summed E-state index contributed by atoms with van der Waals surface area (Å²) >= 11 is 6.26. The van der Waals surface area contributed by atoms with Gasteiger partial charge < -0.3 is 4.90 Å². The van der Waals surface area contributed by atoms with Crippen molar-refractivity contribution < 1.29 is 4.79 Å². The number of pyridine rings is 1. The number of halogens is 1. The van der Waals surface area contributed by atoms with Crippen molar-refractivity contribution in [2.75, 3.05) is 6.54 Å². The molecule has 1 aliphatic carbocycles. The maximum Gasteiger partial charge on any atom is 0.227 e. The van der Waals surface area contributed by atoms with Crippen LogP contribution in [0.2, 0.25) is 5.02 Å². The zero-order valence-corrected chi connectivity index (χ0v) is 22.5. The van der Waals surface area contributed by atoms with Gasteiger partial charge in [0.05, 0.1) is 13.0 Å². The van der Waals surface area contributed by atoms with E-state index in [4.69, 9.17) is 21.7 Å². The molecule has 2 heterocycles. The topological polar surface area (TPSA) is 63.9 Å². The van der Waals surface area contributed by atoms with Crippen LogP contribution in [0.15, 0.2) is 91.3 Å². The third-order valence-electron chi connectivity index (χ3n) is 7.55. The molecule has 0 radical (unpaired) electrons. The van der Waals surface area contributed by atoms with Crippen LogP contribution in [0, 0.1) is 0 Å². The van der Waals surface area contributed by atoms with Crippen molar-refractivity contribution in [3.05, 3.63) is 102 Å². The second kappa shape index (κ2) is 11.4. The first kappa shape index (κ1) is 25.3. The Morgan fingerprint density at radius 3 is 2.51 bits per heavy atom. The Labute approximate surface area is 233 Å². The van der Waals surface area contributed by atoms with Crippen LogP contribution in [0.1, 0.15) is 31.2 Å². The number of amides is 1. The van der Waals surface area contributed by atoms with E-state index < -0.39 is 0 Å². The Morgan fingerprint density at radius 1 is 0.923 bits per heavy atom. The number of nitrogens with zero attached hydrogens (tertiary/aromatic N) is 5. The molecule has 0 atom stereocenters. The summed E-state index contributed by atoms with van der Waals surface area (Å²) in [7, 11) is 0. The minimum Gasteiger partial charge on any atom is -0.338 e. The first-order chi connectivity index (χ1) is 19.2. The van der Waals surface area contributed by atoms with Gasteiger partial charge in [-0.3, -0.25) is 9.78 Å². The van der Waals surface area contributed by atoms with E-state index >= 15 is 0 Å². The van der Waals surface area contributed by atoms with Gasteiger partial charge in [-0.1, -0.05) is 79.0 Å². The van der Waals surface area contributed by atoms with E-state index in [1.54, 1.807) is 12.4 Å². The molecule has 0 aliphatic heterocycles. The molecule has 1 amide bonds. The lowest BCUT2D eigenvalue weighted by Crippen LogP contribution is -2.42. The summed E-state index contributed by atoms with van der Waals surface area (Å²) in [5, 5.41) is 7.81. The number of carbonyl (C=O) groups is 1. The molecule has 39 heavy (non-hydrogen) atoms. The minimum absolute atomic E-state index is 0.166. The summed E-state index contributed by atoms with van der Waals surface area (Å²) in [4.78, 5) is 25.0. The molecule has 7 heteroatoms. The maximum atomic E-state index is 13.8. The number of rotatable bonds is 8. The summed E-state index contributed by atoms with van der Waals surface area (Å²) < 4.78 is 1.92. The minimum atomic E-state index is 0.166. The van der Waals surface area contributed by atoms with Gasteiger partial charge in [-0.2, -0.15) is 5.10 Å². The lowest BCUT2D eigenvalue weighted by atomic mass is 10.0. The monoisotopic (exact) mass is 535 g/mol. The summed E-state index contributed by atoms with van der Waals surface area (Å²) in [6.07, 6.45) is 8.31. The van der Waals surface area contributed by atoms with E-state index in [0.717, 1.165) is 59.0 Å². The van der Waals surface area contributed by atoms with Gasteiger partial charge in [0.1, 0.15) is 0 Å². The van der Waals surface area contributed by atoms with E-state index in [0.29, 0.717) is 30.4 Å². The van der Waals surface area contributed by atoms with Crippen LogP contribution in [0.3, 0.4) is 0 Å². The molecule has 6 nitrogen and oxygen atoms in total. The summed E-state index contributed by atoms with van der Waals surface area (Å²) in [5.74, 6) is 1.53. The molecule has 1 fully saturated rings. The van der Waals surface area contributed by atoms with Crippen molar-refractivity contribution in [1.82, 2.24) is 24.6 Å². The van der Waals surface area contributed by atoms with Crippen LogP contribution in [0.25, 0.3) is 33.5 Å². The average molecular weight is 536 g/mol. The van der Waals surface area contributed by atoms with Crippen molar-refractivity contribution in [2.45, 2.75) is 44.7 Å². The van der Waals surface area contributed by atoms with Crippen molar-refractivity contribution in [1.29, 1.82) is 0 Å². The predicted octanol–water partition coefficient (Wildman–Crippen LogP) is 6.83. The van der Waals surface area contributed by atoms with Crippen molar-refractivity contribution in [2.24, 2.45) is 0 Å². The van der Waals surface area contributed by atoms with Crippen LogP contribution < -0.4 is 0 Å². The standard InChI is InChI=1S/C32H30ClN5O/c33-27-11-6-10-26(21-27)31-35-32(24-15-17-34-18-16-24)38(36-31)20-19-37(28-12-2-3-13-28)30(39)22-25-9-5-8-23-7-1-4-14-29(23)25/h1,4-11,14-18,21,28H,2-3,12-13,19-20,22H2. The van der Waals surface area contributed by atoms with E-state index in [-0.39, 0.29) is 11.9 Å². The fraction of sp³-hybridized carbons (Fsp3) is 0.250. The van der Waals surface area contributed by atoms with Gasteiger partial charge >= 0.3 is 0 Å². The molecule has 0 saturated heterocycles. The van der Waals surface area contributed by atoms with Gasteiger partial charge in [-0.15, -0.1) is 0 Å². The van der Waals surface area contributed by atoms with Crippen molar-refractivity contribution >= 4 is 28.3 Å². The van der Waals surface area contributed by atoms with E-state index in [9.17, 15) is 4.79 Å². The Morgan fingerprint density at radius 2 is 1.69 bits per heavy atom. The molecule has 0 N–H and O–H groups in total. The smallest absolute Gasteiger partial charge is 0.227 e. The third kappa shape index (κ3) is 5.57. The fourth-order valence-electron chi connectivity index (χ4n) is 5.60. The van der Waals surface area contributed by atoms with Crippen LogP contribution in [0.5, 0.6) is 0 Å². The Balaban J connectivity index is 1.29. The quantitative estimate of drug-likeness (QED) is 0.218. The van der Waals surface area contributed by atoms with Crippen LogP contribution in [-0.4, -0.2) is 43.1 Å². The highest BCUT2D eigenvalue weighted by Gasteiger charge is 2.27. The van der Waals surface area contributed by atoms with E-state index in [1.165, 1.54) is 0 Å².